The van der Waals surface area contributed by atoms with E-state index in [2.05, 4.69) is 101 Å². The summed E-state index contributed by atoms with van der Waals surface area (Å²) in [6, 6.07) is 17.8. The lowest BCUT2D eigenvalue weighted by Gasteiger charge is -2.24. The van der Waals surface area contributed by atoms with Crippen molar-refractivity contribution in [2.75, 3.05) is 0 Å². The molecular formula is C27H32. The largest absolute Gasteiger partial charge is 0.0777 e. The first kappa shape index (κ1) is 18.3. The minimum absolute atomic E-state index is 0.184. The zero-order valence-electron chi connectivity index (χ0n) is 17.4. The van der Waals surface area contributed by atoms with Gasteiger partial charge in [0.05, 0.1) is 0 Å². The molecule has 2 aliphatic rings. The van der Waals surface area contributed by atoms with Crippen LogP contribution in [0.2, 0.25) is 0 Å². The highest BCUT2D eigenvalue weighted by Crippen LogP contribution is 2.60. The van der Waals surface area contributed by atoms with Crippen molar-refractivity contribution in [3.63, 3.8) is 0 Å². The third kappa shape index (κ3) is 3.55. The Balaban J connectivity index is 1.79. The second-order valence-electron chi connectivity index (χ2n) is 9.79. The highest BCUT2D eigenvalue weighted by Gasteiger charge is 2.50. The monoisotopic (exact) mass is 356 g/mol. The number of hydrogen-bond donors (Lipinski definition) is 0. The van der Waals surface area contributed by atoms with E-state index in [0.717, 1.165) is 5.92 Å². The number of rotatable bonds is 2. The Bertz CT molecular complexity index is 891. The average Bonchev–Trinajstić information content (AvgIpc) is 3.32. The lowest BCUT2D eigenvalue weighted by molar-refractivity contribution is 0.500. The van der Waals surface area contributed by atoms with Crippen molar-refractivity contribution in [3.05, 3.63) is 83.5 Å². The number of aryl methyl sites for hydroxylation is 1. The molecule has 1 saturated carbocycles. The van der Waals surface area contributed by atoms with Crippen LogP contribution in [0.3, 0.4) is 0 Å². The first-order chi connectivity index (χ1) is 12.8. The van der Waals surface area contributed by atoms with E-state index in [1.807, 2.05) is 0 Å². The van der Waals surface area contributed by atoms with Gasteiger partial charge in [-0.3, -0.25) is 0 Å². The quantitative estimate of drug-likeness (QED) is 0.517. The van der Waals surface area contributed by atoms with Gasteiger partial charge in [-0.15, -0.1) is 0 Å². The van der Waals surface area contributed by atoms with E-state index in [0.29, 0.717) is 11.3 Å². The van der Waals surface area contributed by atoms with Crippen LogP contribution in [0.5, 0.6) is 0 Å². The fourth-order valence-electron chi connectivity index (χ4n) is 4.64. The molecule has 0 saturated heterocycles. The van der Waals surface area contributed by atoms with Crippen LogP contribution in [0.1, 0.15) is 57.6 Å². The van der Waals surface area contributed by atoms with Crippen molar-refractivity contribution in [1.29, 1.82) is 0 Å². The van der Waals surface area contributed by atoms with E-state index < -0.39 is 0 Å². The lowest BCUT2D eigenvalue weighted by atomic mass is 9.81. The maximum Gasteiger partial charge on any atom is 0.00351 e. The summed E-state index contributed by atoms with van der Waals surface area (Å²) in [5.74, 6) is 1.30. The van der Waals surface area contributed by atoms with Crippen molar-refractivity contribution < 1.29 is 0 Å². The standard InChI is InChI=1S/C27H32/c1-19-11-12-22(21-9-7-6-8-10-21)16-25(19)23-15-24(26(3,4)5)13-14-27(18-23)17-20(27)2/h6-16,20,23H,17-18H2,1-5H3. The zero-order chi connectivity index (χ0) is 19.2. The van der Waals surface area contributed by atoms with Crippen LogP contribution in [-0.4, -0.2) is 0 Å². The molecule has 4 rings (SSSR count). The summed E-state index contributed by atoms with van der Waals surface area (Å²) in [5, 5.41) is 0. The summed E-state index contributed by atoms with van der Waals surface area (Å²) >= 11 is 0. The molecule has 0 nitrogen and oxygen atoms in total. The molecule has 0 heterocycles. The number of hydrogen-bond acceptors (Lipinski definition) is 0. The van der Waals surface area contributed by atoms with E-state index in [4.69, 9.17) is 0 Å². The summed E-state index contributed by atoms with van der Waals surface area (Å²) < 4.78 is 0. The summed E-state index contributed by atoms with van der Waals surface area (Å²) in [6.45, 7) is 11.7. The van der Waals surface area contributed by atoms with Crippen molar-refractivity contribution in [1.82, 2.24) is 0 Å². The van der Waals surface area contributed by atoms with Crippen LogP contribution in [-0.2, 0) is 0 Å². The molecule has 0 heteroatoms. The minimum Gasteiger partial charge on any atom is -0.0777 e. The molecule has 0 aromatic heterocycles. The van der Waals surface area contributed by atoms with Gasteiger partial charge in [-0.1, -0.05) is 94.5 Å². The maximum absolute atomic E-state index is 2.56. The molecule has 3 unspecified atom stereocenters. The van der Waals surface area contributed by atoms with Gasteiger partial charge in [0, 0.05) is 5.92 Å². The van der Waals surface area contributed by atoms with Gasteiger partial charge in [0.1, 0.15) is 0 Å². The average molecular weight is 357 g/mol. The first-order valence-corrected chi connectivity index (χ1v) is 10.4. The summed E-state index contributed by atoms with van der Waals surface area (Å²) in [5.41, 5.74) is 7.62. The molecule has 2 aromatic rings. The molecule has 0 N–H and O–H groups in total. The van der Waals surface area contributed by atoms with Gasteiger partial charge >= 0.3 is 0 Å². The van der Waals surface area contributed by atoms with Crippen molar-refractivity contribution >= 4 is 0 Å². The first-order valence-electron chi connectivity index (χ1n) is 10.4. The van der Waals surface area contributed by atoms with Crippen LogP contribution in [0.25, 0.3) is 11.1 Å². The Labute approximate surface area is 165 Å². The smallest absolute Gasteiger partial charge is 0.00351 e. The van der Waals surface area contributed by atoms with Gasteiger partial charge in [0.25, 0.3) is 0 Å². The summed E-state index contributed by atoms with van der Waals surface area (Å²) in [4.78, 5) is 0. The normalized spacial score (nSPS) is 27.4. The Kier molecular flexibility index (Phi) is 4.41. The molecule has 0 bridgehead atoms. The molecule has 0 amide bonds. The second-order valence-corrected chi connectivity index (χ2v) is 9.79. The van der Waals surface area contributed by atoms with E-state index >= 15 is 0 Å². The molecule has 0 radical (unpaired) electrons. The fourth-order valence-corrected chi connectivity index (χ4v) is 4.64. The predicted molar refractivity (Wildman–Crippen MR) is 117 cm³/mol. The van der Waals surface area contributed by atoms with Crippen LogP contribution in [0, 0.1) is 23.7 Å². The van der Waals surface area contributed by atoms with Gasteiger partial charge in [-0.05, 0) is 64.3 Å². The molecule has 3 atom stereocenters. The third-order valence-corrected chi connectivity index (χ3v) is 6.73. The highest BCUT2D eigenvalue weighted by atomic mass is 14.5. The Hall–Kier alpha value is -2.08. The van der Waals surface area contributed by atoms with Crippen molar-refractivity contribution in [2.45, 2.75) is 53.4 Å². The van der Waals surface area contributed by atoms with Crippen molar-refractivity contribution in [3.8, 4) is 11.1 Å². The molecule has 1 spiro atoms. The van der Waals surface area contributed by atoms with E-state index in [1.54, 1.807) is 0 Å². The maximum atomic E-state index is 2.56. The fraction of sp³-hybridized carbons (Fsp3) is 0.407. The van der Waals surface area contributed by atoms with Crippen molar-refractivity contribution in [2.24, 2.45) is 16.7 Å². The molecule has 27 heavy (non-hydrogen) atoms. The number of benzene rings is 2. The van der Waals surface area contributed by atoms with Crippen LogP contribution in [0.15, 0.2) is 72.3 Å². The van der Waals surface area contributed by atoms with Gasteiger partial charge in [-0.2, -0.15) is 0 Å². The third-order valence-electron chi connectivity index (χ3n) is 6.73. The van der Waals surface area contributed by atoms with Gasteiger partial charge in [-0.25, -0.2) is 0 Å². The van der Waals surface area contributed by atoms with Crippen LogP contribution >= 0.6 is 0 Å². The second kappa shape index (κ2) is 6.51. The summed E-state index contributed by atoms with van der Waals surface area (Å²) in [7, 11) is 0. The van der Waals surface area contributed by atoms with Gasteiger partial charge in [0.2, 0.25) is 0 Å². The van der Waals surface area contributed by atoms with Gasteiger partial charge in [0.15, 0.2) is 0 Å². The lowest BCUT2D eigenvalue weighted by Crippen LogP contribution is -2.10. The molecule has 0 aliphatic heterocycles. The van der Waals surface area contributed by atoms with Crippen LogP contribution in [0.4, 0.5) is 0 Å². The molecule has 1 fully saturated rings. The number of allylic oxidation sites excluding steroid dienone is 4. The van der Waals surface area contributed by atoms with E-state index in [9.17, 15) is 0 Å². The highest BCUT2D eigenvalue weighted by molar-refractivity contribution is 5.65. The van der Waals surface area contributed by atoms with E-state index in [-0.39, 0.29) is 5.41 Å². The SMILES string of the molecule is Cc1ccc(-c2ccccc2)cc1C1C=C(C(C)(C)C)C=CC2(C1)CC2C. The predicted octanol–water partition coefficient (Wildman–Crippen LogP) is 7.70. The molecule has 2 aromatic carbocycles. The Morgan fingerprint density at radius 3 is 2.26 bits per heavy atom. The topological polar surface area (TPSA) is 0 Å². The summed E-state index contributed by atoms with van der Waals surface area (Å²) in [6.07, 6.45) is 10.1. The van der Waals surface area contributed by atoms with Gasteiger partial charge < -0.3 is 0 Å². The minimum atomic E-state index is 0.184. The molecule has 140 valence electrons. The molecular weight excluding hydrogens is 324 g/mol. The molecule has 2 aliphatic carbocycles. The zero-order valence-corrected chi connectivity index (χ0v) is 17.4. The Morgan fingerprint density at radius 1 is 0.926 bits per heavy atom. The van der Waals surface area contributed by atoms with Crippen LogP contribution < -0.4 is 0 Å². The van der Waals surface area contributed by atoms with E-state index in [1.165, 1.54) is 40.7 Å². The Morgan fingerprint density at radius 2 is 1.63 bits per heavy atom.